The summed E-state index contributed by atoms with van der Waals surface area (Å²) < 4.78 is 5.40. The zero-order valence-corrected chi connectivity index (χ0v) is 20.2. The van der Waals surface area contributed by atoms with E-state index in [0.717, 1.165) is 43.2 Å². The second-order valence-electron chi connectivity index (χ2n) is 8.72. The molecule has 0 spiro atoms. The van der Waals surface area contributed by atoms with E-state index in [-0.39, 0.29) is 11.8 Å². The zero-order chi connectivity index (χ0) is 24.6. The van der Waals surface area contributed by atoms with Gasteiger partial charge in [-0.2, -0.15) is 0 Å². The topological polar surface area (TPSA) is 82.7 Å². The predicted octanol–water partition coefficient (Wildman–Crippen LogP) is 4.20. The molecule has 1 fully saturated rings. The first-order chi connectivity index (χ1) is 17.0. The maximum atomic E-state index is 12.8. The molecule has 3 N–H and O–H groups in total. The fourth-order valence-electron chi connectivity index (χ4n) is 3.92. The third-order valence-electron chi connectivity index (χ3n) is 6.02. The third kappa shape index (κ3) is 6.61. The van der Waals surface area contributed by atoms with Gasteiger partial charge in [0.05, 0.1) is 18.8 Å². The minimum atomic E-state index is -0.542. The highest BCUT2D eigenvalue weighted by molar-refractivity contribution is 6.01. The van der Waals surface area contributed by atoms with Gasteiger partial charge >= 0.3 is 0 Å². The summed E-state index contributed by atoms with van der Waals surface area (Å²) in [5.74, 6) is -0.376. The Bertz CT molecular complexity index is 1140. The van der Waals surface area contributed by atoms with E-state index in [4.69, 9.17) is 4.74 Å². The lowest BCUT2D eigenvalue weighted by atomic mass is 10.1. The maximum absolute atomic E-state index is 12.8. The lowest BCUT2D eigenvalue weighted by molar-refractivity contribution is -0.116. The summed E-state index contributed by atoms with van der Waals surface area (Å²) in [4.78, 5) is 27.9. The number of para-hydroxylation sites is 1. The summed E-state index contributed by atoms with van der Waals surface area (Å²) in [5, 5.41) is 9.09. The minimum absolute atomic E-state index is 0.181. The van der Waals surface area contributed by atoms with E-state index in [2.05, 4.69) is 20.9 Å². The summed E-state index contributed by atoms with van der Waals surface area (Å²) in [7, 11) is 0. The van der Waals surface area contributed by atoms with Crippen molar-refractivity contribution < 1.29 is 14.3 Å². The van der Waals surface area contributed by atoms with Crippen molar-refractivity contribution in [3.8, 4) is 0 Å². The van der Waals surface area contributed by atoms with Crippen LogP contribution in [0.15, 0.2) is 72.8 Å². The Morgan fingerprint density at radius 2 is 1.63 bits per heavy atom. The minimum Gasteiger partial charge on any atom is -0.378 e. The van der Waals surface area contributed by atoms with E-state index >= 15 is 0 Å². The molecular weight excluding hydrogens is 440 g/mol. The highest BCUT2D eigenvalue weighted by Crippen LogP contribution is 2.20. The molecule has 1 heterocycles. The Labute approximate surface area is 206 Å². The molecule has 1 aliphatic heterocycles. The molecule has 35 heavy (non-hydrogen) atoms. The van der Waals surface area contributed by atoms with Crippen LogP contribution in [0.2, 0.25) is 0 Å². The molecule has 3 aromatic carbocycles. The number of rotatable bonds is 8. The largest absolute Gasteiger partial charge is 0.378 e. The summed E-state index contributed by atoms with van der Waals surface area (Å²) in [6.07, 6.45) is 0. The number of nitrogens with one attached hydrogen (secondary N) is 3. The SMILES string of the molecule is Cc1ccc(CNC(=O)c2ccccc2NC(C)C(=O)Nc2ccc(N3CCOCC3)cc2)cc1. The molecule has 1 unspecified atom stereocenters. The van der Waals surface area contributed by atoms with Gasteiger partial charge in [-0.25, -0.2) is 0 Å². The highest BCUT2D eigenvalue weighted by Gasteiger charge is 2.18. The first-order valence-electron chi connectivity index (χ1n) is 11.9. The van der Waals surface area contributed by atoms with E-state index in [1.54, 1.807) is 13.0 Å². The van der Waals surface area contributed by atoms with Gasteiger partial charge in [0.15, 0.2) is 0 Å². The van der Waals surface area contributed by atoms with Crippen molar-refractivity contribution in [1.82, 2.24) is 5.32 Å². The molecule has 7 heteroatoms. The van der Waals surface area contributed by atoms with Crippen molar-refractivity contribution in [3.05, 3.63) is 89.5 Å². The maximum Gasteiger partial charge on any atom is 0.253 e. The van der Waals surface area contributed by atoms with E-state index < -0.39 is 6.04 Å². The summed E-state index contributed by atoms with van der Waals surface area (Å²) in [6, 6.07) is 22.5. The summed E-state index contributed by atoms with van der Waals surface area (Å²) in [5.41, 5.74) is 5.15. The number of benzene rings is 3. The fourth-order valence-corrected chi connectivity index (χ4v) is 3.92. The number of anilines is 3. The third-order valence-corrected chi connectivity index (χ3v) is 6.02. The van der Waals surface area contributed by atoms with Gasteiger partial charge < -0.3 is 25.6 Å². The van der Waals surface area contributed by atoms with Crippen molar-refractivity contribution in [2.75, 3.05) is 41.8 Å². The van der Waals surface area contributed by atoms with Gasteiger partial charge in [0.25, 0.3) is 5.91 Å². The first-order valence-corrected chi connectivity index (χ1v) is 11.9. The van der Waals surface area contributed by atoms with Crippen molar-refractivity contribution in [3.63, 3.8) is 0 Å². The van der Waals surface area contributed by atoms with Crippen LogP contribution in [-0.2, 0) is 16.1 Å². The number of amides is 2. The van der Waals surface area contributed by atoms with Crippen LogP contribution >= 0.6 is 0 Å². The van der Waals surface area contributed by atoms with Crippen LogP contribution in [0.4, 0.5) is 17.1 Å². The Morgan fingerprint density at radius 3 is 2.34 bits per heavy atom. The van der Waals surface area contributed by atoms with Gasteiger partial charge in [-0.1, -0.05) is 42.0 Å². The normalized spacial score (nSPS) is 14.2. The number of carbonyl (C=O) groups excluding carboxylic acids is 2. The Hall–Kier alpha value is -3.84. The first kappa shape index (κ1) is 24.3. The molecule has 7 nitrogen and oxygen atoms in total. The number of hydrogen-bond acceptors (Lipinski definition) is 5. The van der Waals surface area contributed by atoms with Crippen LogP contribution < -0.4 is 20.9 Å². The Balaban J connectivity index is 1.34. The number of aryl methyl sites for hydroxylation is 1. The van der Waals surface area contributed by atoms with Crippen LogP contribution in [0.1, 0.15) is 28.4 Å². The van der Waals surface area contributed by atoms with Gasteiger partial charge in [-0.3, -0.25) is 9.59 Å². The van der Waals surface area contributed by atoms with Crippen LogP contribution in [0.25, 0.3) is 0 Å². The van der Waals surface area contributed by atoms with E-state index in [9.17, 15) is 9.59 Å². The molecule has 182 valence electrons. The molecule has 3 aromatic rings. The molecule has 0 aromatic heterocycles. The standard InChI is InChI=1S/C28H32N4O3/c1-20-7-9-22(10-8-20)19-29-28(34)25-5-3-4-6-26(25)30-21(2)27(33)31-23-11-13-24(14-12-23)32-15-17-35-18-16-32/h3-14,21,30H,15-19H2,1-2H3,(H,29,34)(H,31,33). The fraction of sp³-hybridized carbons (Fsp3) is 0.286. The molecule has 4 rings (SSSR count). The number of ether oxygens (including phenoxy) is 1. The lowest BCUT2D eigenvalue weighted by Crippen LogP contribution is -2.36. The van der Waals surface area contributed by atoms with Crippen molar-refractivity contribution >= 4 is 28.9 Å². The second kappa shape index (κ2) is 11.5. The monoisotopic (exact) mass is 472 g/mol. The number of hydrogen-bond donors (Lipinski definition) is 3. The molecule has 2 amide bonds. The van der Waals surface area contributed by atoms with Gasteiger partial charge in [-0.05, 0) is 55.8 Å². The quantitative estimate of drug-likeness (QED) is 0.458. The number of nitrogens with zero attached hydrogens (tertiary/aromatic N) is 1. The van der Waals surface area contributed by atoms with E-state index in [1.165, 1.54) is 5.56 Å². The average Bonchev–Trinajstić information content (AvgIpc) is 2.89. The molecule has 1 atom stereocenters. The zero-order valence-electron chi connectivity index (χ0n) is 20.2. The van der Waals surface area contributed by atoms with Crippen LogP contribution in [0.5, 0.6) is 0 Å². The molecular formula is C28H32N4O3. The summed E-state index contributed by atoms with van der Waals surface area (Å²) >= 11 is 0. The molecule has 1 aliphatic rings. The second-order valence-corrected chi connectivity index (χ2v) is 8.72. The van der Waals surface area contributed by atoms with Gasteiger partial charge in [0, 0.05) is 36.7 Å². The predicted molar refractivity (Wildman–Crippen MR) is 140 cm³/mol. The Morgan fingerprint density at radius 1 is 0.943 bits per heavy atom. The van der Waals surface area contributed by atoms with Crippen LogP contribution in [0.3, 0.4) is 0 Å². The van der Waals surface area contributed by atoms with Crippen molar-refractivity contribution in [2.45, 2.75) is 26.4 Å². The van der Waals surface area contributed by atoms with Gasteiger partial charge in [-0.15, -0.1) is 0 Å². The smallest absolute Gasteiger partial charge is 0.253 e. The number of carbonyl (C=O) groups is 2. The molecule has 1 saturated heterocycles. The van der Waals surface area contributed by atoms with Gasteiger partial charge in [0.2, 0.25) is 5.91 Å². The van der Waals surface area contributed by atoms with Gasteiger partial charge in [0.1, 0.15) is 6.04 Å². The van der Waals surface area contributed by atoms with Crippen molar-refractivity contribution in [1.29, 1.82) is 0 Å². The molecule has 0 saturated carbocycles. The average molecular weight is 473 g/mol. The summed E-state index contributed by atoms with van der Waals surface area (Å²) in [6.45, 7) is 7.43. The van der Waals surface area contributed by atoms with Crippen LogP contribution in [0, 0.1) is 6.92 Å². The highest BCUT2D eigenvalue weighted by atomic mass is 16.5. The van der Waals surface area contributed by atoms with E-state index in [0.29, 0.717) is 17.8 Å². The molecule has 0 bridgehead atoms. The lowest BCUT2D eigenvalue weighted by Gasteiger charge is -2.29. The Kier molecular flexibility index (Phi) is 8.00. The molecule has 0 aliphatic carbocycles. The number of morpholine rings is 1. The van der Waals surface area contributed by atoms with Crippen LogP contribution in [-0.4, -0.2) is 44.2 Å². The van der Waals surface area contributed by atoms with E-state index in [1.807, 2.05) is 73.7 Å². The van der Waals surface area contributed by atoms with Crippen molar-refractivity contribution in [2.24, 2.45) is 0 Å². The molecule has 0 radical (unpaired) electrons.